The van der Waals surface area contributed by atoms with Crippen molar-refractivity contribution >= 4 is 33.7 Å². The van der Waals surface area contributed by atoms with Gasteiger partial charge in [-0.3, -0.25) is 0 Å². The molecule has 0 fully saturated rings. The Morgan fingerprint density at radius 3 is 2.77 bits per heavy atom. The van der Waals surface area contributed by atoms with Crippen molar-refractivity contribution in [1.29, 1.82) is 0 Å². The normalized spacial score (nSPS) is 15.5. The summed E-state index contributed by atoms with van der Waals surface area (Å²) < 4.78 is 11.9. The predicted octanol–water partition coefficient (Wildman–Crippen LogP) is 3.73. The van der Waals surface area contributed by atoms with Gasteiger partial charge in [0.05, 0.1) is 22.4 Å². The molecule has 1 aliphatic heterocycles. The van der Waals surface area contributed by atoms with E-state index in [4.69, 9.17) is 9.47 Å². The molecule has 0 atom stereocenters. The molecule has 1 aromatic rings. The molecule has 116 valence electrons. The van der Waals surface area contributed by atoms with E-state index in [1.54, 1.807) is 25.1 Å². The molecule has 1 aromatic carbocycles. The predicted molar refractivity (Wildman–Crippen MR) is 88.2 cm³/mol. The molecule has 22 heavy (non-hydrogen) atoms. The van der Waals surface area contributed by atoms with Crippen molar-refractivity contribution in [2.24, 2.45) is 5.16 Å². The maximum absolute atomic E-state index is 11.6. The van der Waals surface area contributed by atoms with Gasteiger partial charge in [0.15, 0.2) is 11.5 Å². The van der Waals surface area contributed by atoms with Gasteiger partial charge in [-0.05, 0) is 53.5 Å². The standard InChI is InChI=1S/C16H16BrNO4/c1-4-6-21-15-13(17)8-11(9-14(15)20-5-2)7-12-10(3)18-22-16(12)19/h4,7-9H,1,5-6H2,2-3H3/b12-7-. The highest BCUT2D eigenvalue weighted by Gasteiger charge is 2.22. The molecule has 0 saturated carbocycles. The van der Waals surface area contributed by atoms with Crippen LogP contribution in [0.4, 0.5) is 0 Å². The molecule has 5 nitrogen and oxygen atoms in total. The van der Waals surface area contributed by atoms with Gasteiger partial charge < -0.3 is 14.3 Å². The minimum atomic E-state index is -0.460. The van der Waals surface area contributed by atoms with Crippen LogP contribution in [0.1, 0.15) is 19.4 Å². The largest absolute Gasteiger partial charge is 0.490 e. The molecule has 0 amide bonds. The lowest BCUT2D eigenvalue weighted by molar-refractivity contribution is -0.136. The third kappa shape index (κ3) is 3.57. The summed E-state index contributed by atoms with van der Waals surface area (Å²) in [6.07, 6.45) is 3.37. The fraction of sp³-hybridized carbons (Fsp3) is 0.250. The third-order valence-electron chi connectivity index (χ3n) is 2.86. The number of carbonyl (C=O) groups excluding carboxylic acids is 1. The minimum Gasteiger partial charge on any atom is -0.490 e. The fourth-order valence-electron chi connectivity index (χ4n) is 1.90. The molecule has 0 saturated heterocycles. The van der Waals surface area contributed by atoms with E-state index in [-0.39, 0.29) is 0 Å². The van der Waals surface area contributed by atoms with E-state index in [2.05, 4.69) is 32.5 Å². The van der Waals surface area contributed by atoms with Gasteiger partial charge in [-0.2, -0.15) is 0 Å². The van der Waals surface area contributed by atoms with Crippen LogP contribution in [0.5, 0.6) is 11.5 Å². The first-order chi connectivity index (χ1) is 10.6. The molecule has 0 radical (unpaired) electrons. The molecule has 0 aliphatic carbocycles. The Kier molecular flexibility index (Phi) is 5.38. The Labute approximate surface area is 137 Å². The summed E-state index contributed by atoms with van der Waals surface area (Å²) in [5.41, 5.74) is 1.75. The van der Waals surface area contributed by atoms with Crippen LogP contribution >= 0.6 is 15.9 Å². The number of rotatable bonds is 6. The molecule has 2 rings (SSSR count). The number of oxime groups is 1. The van der Waals surface area contributed by atoms with Crippen molar-refractivity contribution in [3.63, 3.8) is 0 Å². The molecular weight excluding hydrogens is 350 g/mol. The van der Waals surface area contributed by atoms with Gasteiger partial charge in [-0.15, -0.1) is 0 Å². The summed E-state index contributed by atoms with van der Waals surface area (Å²) in [4.78, 5) is 16.2. The second-order valence-corrected chi connectivity index (χ2v) is 5.33. The lowest BCUT2D eigenvalue weighted by atomic mass is 10.1. The molecule has 1 aliphatic rings. The van der Waals surface area contributed by atoms with Gasteiger partial charge in [0, 0.05) is 0 Å². The van der Waals surface area contributed by atoms with E-state index in [0.29, 0.717) is 36.0 Å². The van der Waals surface area contributed by atoms with Gasteiger partial charge in [-0.25, -0.2) is 4.79 Å². The highest BCUT2D eigenvalue weighted by atomic mass is 79.9. The molecular formula is C16H16BrNO4. The van der Waals surface area contributed by atoms with E-state index < -0.39 is 5.97 Å². The number of ether oxygens (including phenoxy) is 2. The first-order valence-electron chi connectivity index (χ1n) is 6.74. The monoisotopic (exact) mass is 365 g/mol. The lowest BCUT2D eigenvalue weighted by Crippen LogP contribution is -2.03. The molecule has 0 bridgehead atoms. The number of hydrogen-bond acceptors (Lipinski definition) is 5. The van der Waals surface area contributed by atoms with Crippen molar-refractivity contribution in [3.05, 3.63) is 40.4 Å². The average Bonchev–Trinajstić information content (AvgIpc) is 2.79. The molecule has 0 aromatic heterocycles. The second-order valence-electron chi connectivity index (χ2n) is 4.48. The third-order valence-corrected chi connectivity index (χ3v) is 3.45. The minimum absolute atomic E-state index is 0.372. The van der Waals surface area contributed by atoms with Crippen molar-refractivity contribution in [1.82, 2.24) is 0 Å². The average molecular weight is 366 g/mol. The van der Waals surface area contributed by atoms with Crippen molar-refractivity contribution in [2.75, 3.05) is 13.2 Å². The van der Waals surface area contributed by atoms with E-state index in [0.717, 1.165) is 10.0 Å². The summed E-state index contributed by atoms with van der Waals surface area (Å²) >= 11 is 3.46. The summed E-state index contributed by atoms with van der Waals surface area (Å²) in [5, 5.41) is 3.65. The second kappa shape index (κ2) is 7.26. The zero-order chi connectivity index (χ0) is 16.1. The number of carbonyl (C=O) groups is 1. The number of nitrogens with zero attached hydrogens (tertiary/aromatic N) is 1. The summed E-state index contributed by atoms with van der Waals surface area (Å²) in [6.45, 7) is 8.11. The van der Waals surface area contributed by atoms with Gasteiger partial charge in [0.25, 0.3) is 0 Å². The lowest BCUT2D eigenvalue weighted by Gasteiger charge is -2.13. The fourth-order valence-corrected chi connectivity index (χ4v) is 2.48. The zero-order valence-corrected chi connectivity index (χ0v) is 14.0. The van der Waals surface area contributed by atoms with Crippen LogP contribution in [-0.2, 0) is 9.63 Å². The van der Waals surface area contributed by atoms with E-state index in [9.17, 15) is 4.79 Å². The van der Waals surface area contributed by atoms with Gasteiger partial charge in [0.2, 0.25) is 0 Å². The Hall–Kier alpha value is -2.08. The van der Waals surface area contributed by atoms with Gasteiger partial charge in [-0.1, -0.05) is 17.8 Å². The van der Waals surface area contributed by atoms with Crippen LogP contribution in [0, 0.1) is 0 Å². The van der Waals surface area contributed by atoms with Crippen LogP contribution in [0.25, 0.3) is 6.08 Å². The van der Waals surface area contributed by atoms with Crippen molar-refractivity contribution < 1.29 is 19.1 Å². The van der Waals surface area contributed by atoms with Crippen molar-refractivity contribution in [3.8, 4) is 11.5 Å². The summed E-state index contributed by atoms with van der Waals surface area (Å²) in [6, 6.07) is 3.64. The van der Waals surface area contributed by atoms with Gasteiger partial charge >= 0.3 is 5.97 Å². The van der Waals surface area contributed by atoms with Crippen LogP contribution in [0.3, 0.4) is 0 Å². The molecule has 0 spiro atoms. The van der Waals surface area contributed by atoms with Crippen LogP contribution < -0.4 is 9.47 Å². The van der Waals surface area contributed by atoms with Crippen LogP contribution in [0.2, 0.25) is 0 Å². The quantitative estimate of drug-likeness (QED) is 0.437. The first-order valence-corrected chi connectivity index (χ1v) is 7.54. The first kappa shape index (κ1) is 16.3. The Morgan fingerprint density at radius 1 is 1.41 bits per heavy atom. The molecule has 0 unspecified atom stereocenters. The molecule has 0 N–H and O–H groups in total. The maximum Gasteiger partial charge on any atom is 0.367 e. The zero-order valence-electron chi connectivity index (χ0n) is 12.4. The molecule has 6 heteroatoms. The van der Waals surface area contributed by atoms with Crippen LogP contribution in [0.15, 0.2) is 40.0 Å². The van der Waals surface area contributed by atoms with Gasteiger partial charge in [0.1, 0.15) is 6.61 Å². The maximum atomic E-state index is 11.6. The van der Waals surface area contributed by atoms with E-state index >= 15 is 0 Å². The van der Waals surface area contributed by atoms with E-state index in [1.807, 2.05) is 13.0 Å². The Balaban J connectivity index is 2.41. The number of hydrogen-bond donors (Lipinski definition) is 0. The summed E-state index contributed by atoms with van der Waals surface area (Å²) in [5.74, 6) is 0.730. The highest BCUT2D eigenvalue weighted by Crippen LogP contribution is 2.37. The number of halogens is 1. The Morgan fingerprint density at radius 2 is 2.18 bits per heavy atom. The van der Waals surface area contributed by atoms with E-state index in [1.165, 1.54) is 0 Å². The Bertz CT molecular complexity index is 664. The van der Waals surface area contributed by atoms with Crippen LogP contribution in [-0.4, -0.2) is 24.9 Å². The smallest absolute Gasteiger partial charge is 0.367 e. The molecule has 1 heterocycles. The highest BCUT2D eigenvalue weighted by molar-refractivity contribution is 9.10. The topological polar surface area (TPSA) is 57.1 Å². The number of benzene rings is 1. The van der Waals surface area contributed by atoms with Crippen molar-refractivity contribution in [2.45, 2.75) is 13.8 Å². The summed E-state index contributed by atoms with van der Waals surface area (Å²) in [7, 11) is 0. The SMILES string of the molecule is C=CCOc1c(Br)cc(/C=C2\C(=O)ON=C2C)cc1OCC.